The summed E-state index contributed by atoms with van der Waals surface area (Å²) in [5.74, 6) is 1.55. The summed E-state index contributed by atoms with van der Waals surface area (Å²) in [4.78, 5) is 19.1. The Labute approximate surface area is 198 Å². The fraction of sp³-hybridized carbons (Fsp3) is 0.133. The van der Waals surface area contributed by atoms with Crippen LogP contribution in [0.3, 0.4) is 0 Å². The third-order valence-corrected chi connectivity index (χ3v) is 6.61. The lowest BCUT2D eigenvalue weighted by atomic mass is 9.81. The average Bonchev–Trinajstić information content (AvgIpc) is 2.88. The lowest BCUT2D eigenvalue weighted by Crippen LogP contribution is -2.31. The van der Waals surface area contributed by atoms with Crippen molar-refractivity contribution in [2.24, 2.45) is 0 Å². The molecule has 0 amide bonds. The van der Waals surface area contributed by atoms with Crippen molar-refractivity contribution in [3.05, 3.63) is 129 Å². The third-order valence-electron chi connectivity index (χ3n) is 6.61. The van der Waals surface area contributed by atoms with E-state index in [0.717, 1.165) is 33.3 Å². The summed E-state index contributed by atoms with van der Waals surface area (Å²) in [5, 5.41) is 2.20. The molecule has 6 rings (SSSR count). The van der Waals surface area contributed by atoms with Crippen LogP contribution < -0.4 is 10.3 Å². The van der Waals surface area contributed by atoms with Gasteiger partial charge < -0.3 is 4.74 Å². The standard InChI is InChI=1S/C30H24N2O2/c1-3-25-31-29-28(30(33)32(25)22-10-5-4-6-11-22)26(21-15-13-19(2)14-16-21)27-23-12-8-7-9-20(23)17-18-24(27)34-29/h4-18,26H,3H2,1-2H3. The predicted molar refractivity (Wildman–Crippen MR) is 135 cm³/mol. The van der Waals surface area contributed by atoms with Gasteiger partial charge in [0.25, 0.3) is 5.56 Å². The maximum atomic E-state index is 14.2. The van der Waals surface area contributed by atoms with E-state index in [4.69, 9.17) is 9.72 Å². The highest BCUT2D eigenvalue weighted by Crippen LogP contribution is 2.48. The molecule has 1 aliphatic heterocycles. The molecular weight excluding hydrogens is 420 g/mol. The Hall–Kier alpha value is -4.18. The SMILES string of the molecule is CCc1nc2c(c(=O)n1-c1ccccc1)C(c1ccc(C)cc1)c1c(ccc3ccccc13)O2. The van der Waals surface area contributed by atoms with Crippen LogP contribution in [-0.4, -0.2) is 9.55 Å². The molecule has 0 spiro atoms. The smallest absolute Gasteiger partial charge is 0.266 e. The molecule has 1 atom stereocenters. The summed E-state index contributed by atoms with van der Waals surface area (Å²) < 4.78 is 8.09. The van der Waals surface area contributed by atoms with Gasteiger partial charge in [0.15, 0.2) is 0 Å². The summed E-state index contributed by atoms with van der Waals surface area (Å²) in [6.07, 6.45) is 0.612. The van der Waals surface area contributed by atoms with Gasteiger partial charge in [0.2, 0.25) is 5.88 Å². The molecule has 0 N–H and O–H groups in total. The number of nitrogens with zero attached hydrogens (tertiary/aromatic N) is 2. The summed E-state index contributed by atoms with van der Waals surface area (Å²) in [5.41, 5.74) is 4.54. The zero-order valence-corrected chi connectivity index (χ0v) is 19.2. The Kier molecular flexibility index (Phi) is 4.80. The molecule has 0 saturated heterocycles. The van der Waals surface area contributed by atoms with Crippen molar-refractivity contribution in [2.75, 3.05) is 0 Å². The quantitative estimate of drug-likeness (QED) is 0.311. The number of ether oxygens (including phenoxy) is 1. The zero-order chi connectivity index (χ0) is 23.2. The van der Waals surface area contributed by atoms with E-state index in [0.29, 0.717) is 23.7 Å². The van der Waals surface area contributed by atoms with Gasteiger partial charge >= 0.3 is 0 Å². The van der Waals surface area contributed by atoms with Gasteiger partial charge in [0, 0.05) is 17.9 Å². The first-order valence-electron chi connectivity index (χ1n) is 11.6. The Morgan fingerprint density at radius 1 is 0.853 bits per heavy atom. The van der Waals surface area contributed by atoms with Gasteiger partial charge in [0.05, 0.1) is 11.3 Å². The minimum Gasteiger partial charge on any atom is -0.438 e. The minimum atomic E-state index is -0.286. The first kappa shape index (κ1) is 20.4. The number of aromatic nitrogens is 2. The Morgan fingerprint density at radius 2 is 1.59 bits per heavy atom. The van der Waals surface area contributed by atoms with Crippen LogP contribution >= 0.6 is 0 Å². The van der Waals surface area contributed by atoms with Crippen LogP contribution in [0.15, 0.2) is 95.8 Å². The highest BCUT2D eigenvalue weighted by molar-refractivity contribution is 5.90. The topological polar surface area (TPSA) is 44.1 Å². The lowest BCUT2D eigenvalue weighted by molar-refractivity contribution is 0.426. The molecule has 0 aliphatic carbocycles. The number of aryl methyl sites for hydroxylation is 2. The molecule has 4 heteroatoms. The molecule has 1 aliphatic rings. The summed E-state index contributed by atoms with van der Waals surface area (Å²) in [6.45, 7) is 4.08. The van der Waals surface area contributed by atoms with E-state index in [1.165, 1.54) is 5.56 Å². The minimum absolute atomic E-state index is 0.0859. The van der Waals surface area contributed by atoms with Gasteiger partial charge in [-0.15, -0.1) is 0 Å². The monoisotopic (exact) mass is 444 g/mol. The van der Waals surface area contributed by atoms with Crippen LogP contribution in [0.4, 0.5) is 0 Å². The molecule has 4 aromatic carbocycles. The summed E-state index contributed by atoms with van der Waals surface area (Å²) in [7, 11) is 0. The maximum Gasteiger partial charge on any atom is 0.266 e. The Bertz CT molecular complexity index is 1590. The largest absolute Gasteiger partial charge is 0.438 e. The number of hydrogen-bond acceptors (Lipinski definition) is 3. The zero-order valence-electron chi connectivity index (χ0n) is 19.2. The fourth-order valence-electron chi connectivity index (χ4n) is 4.96. The number of hydrogen-bond donors (Lipinski definition) is 0. The van der Waals surface area contributed by atoms with E-state index in [-0.39, 0.29) is 11.5 Å². The van der Waals surface area contributed by atoms with Crippen molar-refractivity contribution in [1.82, 2.24) is 9.55 Å². The van der Waals surface area contributed by atoms with E-state index in [2.05, 4.69) is 49.4 Å². The lowest BCUT2D eigenvalue weighted by Gasteiger charge is -2.30. The Balaban J connectivity index is 1.71. The van der Waals surface area contributed by atoms with E-state index < -0.39 is 0 Å². The van der Waals surface area contributed by atoms with Crippen molar-refractivity contribution < 1.29 is 4.74 Å². The van der Waals surface area contributed by atoms with Crippen LogP contribution in [0, 0.1) is 6.92 Å². The van der Waals surface area contributed by atoms with E-state index in [1.54, 1.807) is 4.57 Å². The van der Waals surface area contributed by atoms with Crippen LogP contribution in [0.5, 0.6) is 11.6 Å². The molecule has 0 bridgehead atoms. The van der Waals surface area contributed by atoms with Gasteiger partial charge in [0.1, 0.15) is 11.6 Å². The van der Waals surface area contributed by atoms with Crippen LogP contribution in [0.2, 0.25) is 0 Å². The molecule has 1 unspecified atom stereocenters. The number of rotatable bonds is 3. The molecule has 166 valence electrons. The van der Waals surface area contributed by atoms with Crippen LogP contribution in [0.1, 0.15) is 40.9 Å². The molecule has 4 nitrogen and oxygen atoms in total. The van der Waals surface area contributed by atoms with Crippen molar-refractivity contribution in [1.29, 1.82) is 0 Å². The normalized spacial score (nSPS) is 14.4. The first-order chi connectivity index (χ1) is 16.7. The van der Waals surface area contributed by atoms with Gasteiger partial charge in [-0.3, -0.25) is 9.36 Å². The maximum absolute atomic E-state index is 14.2. The highest BCUT2D eigenvalue weighted by Gasteiger charge is 2.35. The second kappa shape index (κ2) is 7.99. The molecule has 0 fully saturated rings. The van der Waals surface area contributed by atoms with Crippen molar-refractivity contribution in [2.45, 2.75) is 26.2 Å². The molecule has 2 heterocycles. The average molecular weight is 445 g/mol. The number of benzene rings is 4. The predicted octanol–water partition coefficient (Wildman–Crippen LogP) is 6.54. The van der Waals surface area contributed by atoms with Gasteiger partial charge in [-0.05, 0) is 41.5 Å². The highest BCUT2D eigenvalue weighted by atomic mass is 16.5. The number of para-hydroxylation sites is 1. The van der Waals surface area contributed by atoms with E-state index in [1.807, 2.05) is 55.5 Å². The van der Waals surface area contributed by atoms with Crippen molar-refractivity contribution >= 4 is 10.8 Å². The summed E-state index contributed by atoms with van der Waals surface area (Å²) in [6, 6.07) is 30.5. The van der Waals surface area contributed by atoms with Crippen LogP contribution in [0.25, 0.3) is 16.5 Å². The molecule has 0 saturated carbocycles. The van der Waals surface area contributed by atoms with Gasteiger partial charge in [-0.1, -0.05) is 85.3 Å². The van der Waals surface area contributed by atoms with E-state index in [9.17, 15) is 4.79 Å². The molecule has 5 aromatic rings. The molecular formula is C30H24N2O2. The van der Waals surface area contributed by atoms with Gasteiger partial charge in [-0.25, -0.2) is 0 Å². The molecule has 1 aromatic heterocycles. The molecule has 0 radical (unpaired) electrons. The third kappa shape index (κ3) is 3.14. The second-order valence-electron chi connectivity index (χ2n) is 8.72. The fourth-order valence-corrected chi connectivity index (χ4v) is 4.96. The number of fused-ring (bicyclic) bond motifs is 4. The first-order valence-corrected chi connectivity index (χ1v) is 11.6. The van der Waals surface area contributed by atoms with Crippen molar-refractivity contribution in [3.63, 3.8) is 0 Å². The van der Waals surface area contributed by atoms with Crippen molar-refractivity contribution in [3.8, 4) is 17.3 Å². The Morgan fingerprint density at radius 3 is 2.35 bits per heavy atom. The second-order valence-corrected chi connectivity index (χ2v) is 8.72. The molecule has 34 heavy (non-hydrogen) atoms. The van der Waals surface area contributed by atoms with Gasteiger partial charge in [-0.2, -0.15) is 4.98 Å². The van der Waals surface area contributed by atoms with E-state index >= 15 is 0 Å². The summed E-state index contributed by atoms with van der Waals surface area (Å²) >= 11 is 0. The van der Waals surface area contributed by atoms with Crippen LogP contribution in [-0.2, 0) is 6.42 Å².